The molecule has 1 aromatic heterocycles. The fourth-order valence-electron chi connectivity index (χ4n) is 3.23. The fourth-order valence-corrected chi connectivity index (χ4v) is 3.23. The lowest BCUT2D eigenvalue weighted by Crippen LogP contribution is -2.40. The van der Waals surface area contributed by atoms with Gasteiger partial charge in [-0.15, -0.1) is 0 Å². The van der Waals surface area contributed by atoms with Crippen molar-refractivity contribution in [2.75, 3.05) is 26.7 Å². The third kappa shape index (κ3) is 2.35. The van der Waals surface area contributed by atoms with E-state index in [0.29, 0.717) is 6.04 Å². The molecule has 0 aromatic carbocycles. The molecular formula is C14H21N3O. The Balaban J connectivity index is 1.66. The lowest BCUT2D eigenvalue weighted by atomic mass is 9.94. The van der Waals surface area contributed by atoms with Gasteiger partial charge in [0.25, 0.3) is 0 Å². The van der Waals surface area contributed by atoms with Gasteiger partial charge < -0.3 is 10.1 Å². The summed E-state index contributed by atoms with van der Waals surface area (Å²) in [6, 6.07) is 4.79. The van der Waals surface area contributed by atoms with Crippen LogP contribution in [0, 0.1) is 5.92 Å². The number of pyridine rings is 1. The molecular weight excluding hydrogens is 226 g/mol. The normalized spacial score (nSPS) is 28.1. The van der Waals surface area contributed by atoms with E-state index in [-0.39, 0.29) is 0 Å². The van der Waals surface area contributed by atoms with Crippen LogP contribution in [0.2, 0.25) is 0 Å². The van der Waals surface area contributed by atoms with Crippen LogP contribution in [-0.2, 0) is 6.54 Å². The first-order valence-corrected chi connectivity index (χ1v) is 6.80. The smallest absolute Gasteiger partial charge is 0.217 e. The van der Waals surface area contributed by atoms with Crippen molar-refractivity contribution in [1.29, 1.82) is 0 Å². The largest absolute Gasteiger partial charge is 0.481 e. The first kappa shape index (κ1) is 11.9. The summed E-state index contributed by atoms with van der Waals surface area (Å²) in [5, 5.41) is 3.64. The molecule has 1 aromatic rings. The van der Waals surface area contributed by atoms with E-state index in [1.54, 1.807) is 13.3 Å². The second-order valence-corrected chi connectivity index (χ2v) is 5.33. The number of likely N-dealkylation sites (tertiary alicyclic amines) is 1. The number of ether oxygens (including phenoxy) is 1. The third-order valence-electron chi connectivity index (χ3n) is 4.11. The van der Waals surface area contributed by atoms with Crippen molar-refractivity contribution in [3.8, 4) is 5.88 Å². The van der Waals surface area contributed by atoms with Crippen molar-refractivity contribution in [2.24, 2.45) is 5.92 Å². The van der Waals surface area contributed by atoms with Gasteiger partial charge in [-0.05, 0) is 31.4 Å². The molecule has 0 radical (unpaired) electrons. The Morgan fingerprint density at radius 2 is 2.44 bits per heavy atom. The summed E-state index contributed by atoms with van der Waals surface area (Å²) >= 11 is 0. The van der Waals surface area contributed by atoms with Gasteiger partial charge in [0.15, 0.2) is 0 Å². The highest BCUT2D eigenvalue weighted by Crippen LogP contribution is 2.27. The van der Waals surface area contributed by atoms with Gasteiger partial charge in [-0.1, -0.05) is 6.07 Å². The third-order valence-corrected chi connectivity index (χ3v) is 4.11. The first-order valence-electron chi connectivity index (χ1n) is 6.80. The van der Waals surface area contributed by atoms with E-state index < -0.39 is 0 Å². The molecule has 2 atom stereocenters. The van der Waals surface area contributed by atoms with E-state index in [1.165, 1.54) is 31.5 Å². The topological polar surface area (TPSA) is 37.4 Å². The Morgan fingerprint density at radius 1 is 1.50 bits per heavy atom. The minimum Gasteiger partial charge on any atom is -0.481 e. The van der Waals surface area contributed by atoms with E-state index in [9.17, 15) is 0 Å². The molecule has 1 N–H and O–H groups in total. The number of piperidine rings is 1. The van der Waals surface area contributed by atoms with E-state index in [0.717, 1.165) is 24.9 Å². The SMILES string of the molecule is COc1ncccc1CN1C[C@@H]2CCCN[C@@H]2C1. The lowest BCUT2D eigenvalue weighted by molar-refractivity contribution is 0.303. The second kappa shape index (κ2) is 5.24. The van der Waals surface area contributed by atoms with E-state index in [1.807, 2.05) is 6.07 Å². The molecule has 98 valence electrons. The number of aromatic nitrogens is 1. The number of hydrogen-bond acceptors (Lipinski definition) is 4. The van der Waals surface area contributed by atoms with Crippen LogP contribution in [0.25, 0.3) is 0 Å². The summed E-state index contributed by atoms with van der Waals surface area (Å²) in [5.41, 5.74) is 1.19. The van der Waals surface area contributed by atoms with Crippen LogP contribution in [0.3, 0.4) is 0 Å². The average Bonchev–Trinajstić information content (AvgIpc) is 2.81. The monoisotopic (exact) mass is 247 g/mol. The molecule has 2 saturated heterocycles. The Hall–Kier alpha value is -1.13. The van der Waals surface area contributed by atoms with Crippen LogP contribution in [-0.4, -0.2) is 42.7 Å². The molecule has 0 spiro atoms. The summed E-state index contributed by atoms with van der Waals surface area (Å²) in [4.78, 5) is 6.79. The summed E-state index contributed by atoms with van der Waals surface area (Å²) in [5.74, 6) is 1.60. The van der Waals surface area contributed by atoms with Gasteiger partial charge in [-0.3, -0.25) is 4.90 Å². The zero-order chi connectivity index (χ0) is 12.4. The highest BCUT2D eigenvalue weighted by atomic mass is 16.5. The number of nitrogens with zero attached hydrogens (tertiary/aromatic N) is 2. The summed E-state index contributed by atoms with van der Waals surface area (Å²) in [7, 11) is 1.69. The van der Waals surface area contributed by atoms with Crippen molar-refractivity contribution < 1.29 is 4.74 Å². The minimum absolute atomic E-state index is 0.696. The molecule has 0 saturated carbocycles. The van der Waals surface area contributed by atoms with Gasteiger partial charge in [0, 0.05) is 37.4 Å². The van der Waals surface area contributed by atoms with Crippen molar-refractivity contribution in [2.45, 2.75) is 25.4 Å². The number of hydrogen-bond donors (Lipinski definition) is 1. The fraction of sp³-hybridized carbons (Fsp3) is 0.643. The predicted molar refractivity (Wildman–Crippen MR) is 70.6 cm³/mol. The maximum Gasteiger partial charge on any atom is 0.217 e. The molecule has 2 fully saturated rings. The van der Waals surface area contributed by atoms with Crippen molar-refractivity contribution in [3.63, 3.8) is 0 Å². The molecule has 2 aliphatic heterocycles. The Morgan fingerprint density at radius 3 is 3.28 bits per heavy atom. The average molecular weight is 247 g/mol. The maximum absolute atomic E-state index is 5.32. The molecule has 3 rings (SSSR count). The Bertz CT molecular complexity index is 396. The zero-order valence-electron chi connectivity index (χ0n) is 10.9. The highest BCUT2D eigenvalue weighted by Gasteiger charge is 2.34. The zero-order valence-corrected chi connectivity index (χ0v) is 10.9. The first-order chi connectivity index (χ1) is 8.86. The molecule has 4 heteroatoms. The standard InChI is InChI=1S/C14H21N3O/c1-18-14-12(5-3-7-16-14)9-17-8-11-4-2-6-15-13(11)10-17/h3,5,7,11,13,15H,2,4,6,8-10H2,1H3/t11-,13+/m0/s1. The van der Waals surface area contributed by atoms with Crippen LogP contribution in [0.1, 0.15) is 18.4 Å². The Kier molecular flexibility index (Phi) is 3.48. The molecule has 0 unspecified atom stereocenters. The molecule has 0 aliphatic carbocycles. The maximum atomic E-state index is 5.32. The molecule has 2 aliphatic rings. The van der Waals surface area contributed by atoms with Gasteiger partial charge in [-0.2, -0.15) is 0 Å². The predicted octanol–water partition coefficient (Wildman–Crippen LogP) is 1.27. The number of nitrogens with one attached hydrogen (secondary N) is 1. The van der Waals surface area contributed by atoms with Crippen LogP contribution in [0.5, 0.6) is 5.88 Å². The van der Waals surface area contributed by atoms with Crippen molar-refractivity contribution in [1.82, 2.24) is 15.2 Å². The molecule has 0 bridgehead atoms. The lowest BCUT2D eigenvalue weighted by Gasteiger charge is -2.24. The van der Waals surface area contributed by atoms with Crippen molar-refractivity contribution >= 4 is 0 Å². The second-order valence-electron chi connectivity index (χ2n) is 5.33. The summed E-state index contributed by atoms with van der Waals surface area (Å²) < 4.78 is 5.32. The number of rotatable bonds is 3. The van der Waals surface area contributed by atoms with E-state index >= 15 is 0 Å². The van der Waals surface area contributed by atoms with Crippen LogP contribution in [0.4, 0.5) is 0 Å². The quantitative estimate of drug-likeness (QED) is 0.873. The van der Waals surface area contributed by atoms with E-state index in [2.05, 4.69) is 21.3 Å². The molecule has 0 amide bonds. The highest BCUT2D eigenvalue weighted by molar-refractivity contribution is 5.25. The van der Waals surface area contributed by atoms with E-state index in [4.69, 9.17) is 4.74 Å². The molecule has 3 heterocycles. The summed E-state index contributed by atoms with van der Waals surface area (Å²) in [6.45, 7) is 4.50. The summed E-state index contributed by atoms with van der Waals surface area (Å²) in [6.07, 6.45) is 4.48. The van der Waals surface area contributed by atoms with Gasteiger partial charge in [0.1, 0.15) is 0 Å². The van der Waals surface area contributed by atoms with Crippen LogP contribution in [0.15, 0.2) is 18.3 Å². The number of methoxy groups -OCH3 is 1. The van der Waals surface area contributed by atoms with Gasteiger partial charge in [0.2, 0.25) is 5.88 Å². The molecule has 18 heavy (non-hydrogen) atoms. The van der Waals surface area contributed by atoms with Crippen LogP contribution >= 0.6 is 0 Å². The number of fused-ring (bicyclic) bond motifs is 1. The van der Waals surface area contributed by atoms with Crippen LogP contribution < -0.4 is 10.1 Å². The van der Waals surface area contributed by atoms with Gasteiger partial charge >= 0.3 is 0 Å². The van der Waals surface area contributed by atoms with Gasteiger partial charge in [-0.25, -0.2) is 4.98 Å². The van der Waals surface area contributed by atoms with Crippen molar-refractivity contribution in [3.05, 3.63) is 23.9 Å². The molecule has 4 nitrogen and oxygen atoms in total. The Labute approximate surface area is 108 Å². The minimum atomic E-state index is 0.696. The van der Waals surface area contributed by atoms with Gasteiger partial charge in [0.05, 0.1) is 7.11 Å².